The smallest absolute Gasteiger partial charge is 0.260 e. The van der Waals surface area contributed by atoms with Crippen molar-refractivity contribution in [2.45, 2.75) is 13.5 Å². The highest BCUT2D eigenvalue weighted by Crippen LogP contribution is 2.23. The van der Waals surface area contributed by atoms with Gasteiger partial charge in [0.2, 0.25) is 5.91 Å². The first-order chi connectivity index (χ1) is 11.6. The molecule has 7 heteroatoms. The minimum Gasteiger partial charge on any atom is -0.483 e. The maximum absolute atomic E-state index is 12.2. The fourth-order valence-corrected chi connectivity index (χ4v) is 3.04. The first-order valence-electron chi connectivity index (χ1n) is 7.54. The molecule has 0 unspecified atom stereocenters. The lowest BCUT2D eigenvalue weighted by molar-refractivity contribution is -0.137. The minimum absolute atomic E-state index is 0.0278. The summed E-state index contributed by atoms with van der Waals surface area (Å²) in [6, 6.07) is 11.2. The first-order valence-corrected chi connectivity index (χ1v) is 9.21. The molecule has 128 valence electrons. The van der Waals surface area contributed by atoms with Crippen molar-refractivity contribution in [1.29, 1.82) is 0 Å². The molecule has 24 heavy (non-hydrogen) atoms. The Balaban J connectivity index is 1.80. The van der Waals surface area contributed by atoms with Crippen LogP contribution in [0.4, 0.5) is 0 Å². The van der Waals surface area contributed by atoms with Gasteiger partial charge in [0.15, 0.2) is 6.61 Å². The molecule has 0 saturated carbocycles. The molecule has 0 aliphatic heterocycles. The van der Waals surface area contributed by atoms with Gasteiger partial charge < -0.3 is 15.0 Å². The first kappa shape index (κ1) is 18.5. The number of halogens is 1. The van der Waals surface area contributed by atoms with E-state index in [1.807, 2.05) is 42.6 Å². The van der Waals surface area contributed by atoms with Crippen molar-refractivity contribution in [2.75, 3.05) is 19.7 Å². The molecule has 0 fully saturated rings. The third kappa shape index (κ3) is 5.65. The van der Waals surface area contributed by atoms with Gasteiger partial charge in [0.25, 0.3) is 5.91 Å². The molecule has 1 heterocycles. The van der Waals surface area contributed by atoms with Gasteiger partial charge in [-0.25, -0.2) is 0 Å². The Morgan fingerprint density at radius 3 is 2.71 bits per heavy atom. The standard InChI is InChI=1S/C17H19BrN2O3S/c1-2-20(11-16(21)19-10-13-6-5-9-24-13)17(22)12-23-15-8-4-3-7-14(15)18/h3-9H,2,10-12H2,1H3,(H,19,21). The Bertz CT molecular complexity index is 676. The maximum atomic E-state index is 12.2. The van der Waals surface area contributed by atoms with E-state index in [-0.39, 0.29) is 25.0 Å². The van der Waals surface area contributed by atoms with Crippen molar-refractivity contribution in [2.24, 2.45) is 0 Å². The van der Waals surface area contributed by atoms with Gasteiger partial charge in [0.1, 0.15) is 5.75 Å². The Morgan fingerprint density at radius 2 is 2.04 bits per heavy atom. The normalized spacial score (nSPS) is 10.2. The summed E-state index contributed by atoms with van der Waals surface area (Å²) in [7, 11) is 0. The highest BCUT2D eigenvalue weighted by molar-refractivity contribution is 9.10. The zero-order chi connectivity index (χ0) is 17.4. The predicted octanol–water partition coefficient (Wildman–Crippen LogP) is 3.05. The molecule has 2 rings (SSSR count). The molecule has 0 bridgehead atoms. The molecule has 0 aliphatic rings. The van der Waals surface area contributed by atoms with Crippen LogP contribution in [0.15, 0.2) is 46.3 Å². The molecule has 0 atom stereocenters. The number of carbonyl (C=O) groups excluding carboxylic acids is 2. The van der Waals surface area contributed by atoms with Crippen LogP contribution in [0.5, 0.6) is 5.75 Å². The summed E-state index contributed by atoms with van der Waals surface area (Å²) in [6.07, 6.45) is 0. The zero-order valence-electron chi connectivity index (χ0n) is 13.3. The van der Waals surface area contributed by atoms with E-state index < -0.39 is 0 Å². The summed E-state index contributed by atoms with van der Waals surface area (Å²) >= 11 is 4.95. The van der Waals surface area contributed by atoms with Gasteiger partial charge in [-0.2, -0.15) is 0 Å². The molecule has 2 aromatic rings. The number of likely N-dealkylation sites (N-methyl/N-ethyl adjacent to an activating group) is 1. The second kappa shape index (κ2) is 9.44. The molecular formula is C17H19BrN2O3S. The van der Waals surface area contributed by atoms with Crippen LogP contribution in [0.1, 0.15) is 11.8 Å². The van der Waals surface area contributed by atoms with E-state index in [4.69, 9.17) is 4.74 Å². The van der Waals surface area contributed by atoms with E-state index in [9.17, 15) is 9.59 Å². The number of para-hydroxylation sites is 1. The summed E-state index contributed by atoms with van der Waals surface area (Å²) in [5, 5.41) is 4.78. The molecular weight excluding hydrogens is 392 g/mol. The van der Waals surface area contributed by atoms with E-state index in [1.165, 1.54) is 4.90 Å². The topological polar surface area (TPSA) is 58.6 Å². The van der Waals surface area contributed by atoms with Crippen LogP contribution < -0.4 is 10.1 Å². The number of thiophene rings is 1. The van der Waals surface area contributed by atoms with E-state index in [1.54, 1.807) is 17.4 Å². The van der Waals surface area contributed by atoms with Gasteiger partial charge >= 0.3 is 0 Å². The van der Waals surface area contributed by atoms with E-state index in [2.05, 4.69) is 21.2 Å². The number of ether oxygens (including phenoxy) is 1. The molecule has 1 aromatic carbocycles. The lowest BCUT2D eigenvalue weighted by Crippen LogP contribution is -2.42. The number of nitrogens with zero attached hydrogens (tertiary/aromatic N) is 1. The van der Waals surface area contributed by atoms with Crippen molar-refractivity contribution in [1.82, 2.24) is 10.2 Å². The number of carbonyl (C=O) groups is 2. The van der Waals surface area contributed by atoms with Crippen LogP contribution in [0.2, 0.25) is 0 Å². The van der Waals surface area contributed by atoms with Gasteiger partial charge in [0.05, 0.1) is 17.6 Å². The van der Waals surface area contributed by atoms with Crippen molar-refractivity contribution in [3.63, 3.8) is 0 Å². The maximum Gasteiger partial charge on any atom is 0.260 e. The average molecular weight is 411 g/mol. The van der Waals surface area contributed by atoms with Gasteiger partial charge in [0, 0.05) is 11.4 Å². The number of rotatable bonds is 8. The van der Waals surface area contributed by atoms with Gasteiger partial charge in [-0.15, -0.1) is 11.3 Å². The molecule has 0 aliphatic carbocycles. The third-order valence-corrected chi connectivity index (χ3v) is 4.83. The summed E-state index contributed by atoms with van der Waals surface area (Å²) < 4.78 is 6.30. The number of benzene rings is 1. The fraction of sp³-hybridized carbons (Fsp3) is 0.294. The van der Waals surface area contributed by atoms with Crippen LogP contribution in [-0.4, -0.2) is 36.4 Å². The van der Waals surface area contributed by atoms with Gasteiger partial charge in [-0.1, -0.05) is 18.2 Å². The van der Waals surface area contributed by atoms with Crippen molar-refractivity contribution < 1.29 is 14.3 Å². The van der Waals surface area contributed by atoms with E-state index in [0.717, 1.165) is 9.35 Å². The zero-order valence-corrected chi connectivity index (χ0v) is 15.7. The van der Waals surface area contributed by atoms with Crippen LogP contribution in [-0.2, 0) is 16.1 Å². The van der Waals surface area contributed by atoms with Crippen LogP contribution in [0, 0.1) is 0 Å². The lowest BCUT2D eigenvalue weighted by atomic mass is 10.3. The highest BCUT2D eigenvalue weighted by atomic mass is 79.9. The van der Waals surface area contributed by atoms with Crippen LogP contribution >= 0.6 is 27.3 Å². The number of nitrogens with one attached hydrogen (secondary N) is 1. The minimum atomic E-state index is -0.223. The van der Waals surface area contributed by atoms with Crippen LogP contribution in [0.25, 0.3) is 0 Å². The van der Waals surface area contributed by atoms with Crippen LogP contribution in [0.3, 0.4) is 0 Å². The molecule has 2 amide bonds. The number of hydrogen-bond acceptors (Lipinski definition) is 4. The van der Waals surface area contributed by atoms with E-state index in [0.29, 0.717) is 18.8 Å². The van der Waals surface area contributed by atoms with Crippen molar-refractivity contribution in [3.05, 3.63) is 51.1 Å². The summed E-state index contributed by atoms with van der Waals surface area (Å²) in [4.78, 5) is 26.8. The van der Waals surface area contributed by atoms with Crippen molar-refractivity contribution in [3.8, 4) is 5.75 Å². The average Bonchev–Trinajstić information content (AvgIpc) is 3.10. The van der Waals surface area contributed by atoms with Crippen molar-refractivity contribution >= 4 is 39.1 Å². The van der Waals surface area contributed by atoms with Gasteiger partial charge in [-0.05, 0) is 46.4 Å². The summed E-state index contributed by atoms with van der Waals surface area (Å²) in [6.45, 7) is 2.69. The Kier molecular flexibility index (Phi) is 7.27. The summed E-state index contributed by atoms with van der Waals surface area (Å²) in [5.41, 5.74) is 0. The third-order valence-electron chi connectivity index (χ3n) is 3.30. The SMILES string of the molecule is CCN(CC(=O)NCc1cccs1)C(=O)COc1ccccc1Br. The second-order valence-electron chi connectivity index (χ2n) is 4.98. The molecule has 0 spiro atoms. The van der Waals surface area contributed by atoms with Gasteiger partial charge in [-0.3, -0.25) is 9.59 Å². The highest BCUT2D eigenvalue weighted by Gasteiger charge is 2.16. The molecule has 1 N–H and O–H groups in total. The Labute approximate surface area is 153 Å². The number of hydrogen-bond donors (Lipinski definition) is 1. The molecule has 1 aromatic heterocycles. The molecule has 0 radical (unpaired) electrons. The summed E-state index contributed by atoms with van der Waals surface area (Å²) in [5.74, 6) is 0.197. The monoisotopic (exact) mass is 410 g/mol. The quantitative estimate of drug-likeness (QED) is 0.727. The largest absolute Gasteiger partial charge is 0.483 e. The Hall–Kier alpha value is -1.86. The predicted molar refractivity (Wildman–Crippen MR) is 98.1 cm³/mol. The second-order valence-corrected chi connectivity index (χ2v) is 6.87. The van der Waals surface area contributed by atoms with E-state index >= 15 is 0 Å². The molecule has 5 nitrogen and oxygen atoms in total. The molecule has 0 saturated heterocycles. The lowest BCUT2D eigenvalue weighted by Gasteiger charge is -2.20. The Morgan fingerprint density at radius 1 is 1.25 bits per heavy atom. The number of amides is 2. The fourth-order valence-electron chi connectivity index (χ4n) is 2.00.